The molecule has 29 heavy (non-hydrogen) atoms. The van der Waals surface area contributed by atoms with Crippen molar-refractivity contribution in [2.45, 2.75) is 25.4 Å². The molecule has 1 aromatic heterocycles. The fourth-order valence-electron chi connectivity index (χ4n) is 4.81. The number of anilines is 2. The molecule has 2 amide bonds. The Bertz CT molecular complexity index is 1180. The van der Waals surface area contributed by atoms with Crippen LogP contribution >= 0.6 is 0 Å². The number of nitrogens with zero attached hydrogens (tertiary/aromatic N) is 2. The highest BCUT2D eigenvalue weighted by Crippen LogP contribution is 2.43. The fourth-order valence-corrected chi connectivity index (χ4v) is 4.81. The van der Waals surface area contributed by atoms with E-state index in [4.69, 9.17) is 0 Å². The van der Waals surface area contributed by atoms with Gasteiger partial charge in [0.25, 0.3) is 5.91 Å². The van der Waals surface area contributed by atoms with Gasteiger partial charge in [0.15, 0.2) is 0 Å². The Morgan fingerprint density at radius 1 is 1.17 bits per heavy atom. The molecular weight excluding hydrogens is 364 g/mol. The lowest BCUT2D eigenvalue weighted by Gasteiger charge is -2.46. The molecule has 3 aromatic rings. The highest BCUT2D eigenvalue weighted by Gasteiger charge is 2.41. The summed E-state index contributed by atoms with van der Waals surface area (Å²) in [7, 11) is 2.03. The monoisotopic (exact) mass is 386 g/mol. The Morgan fingerprint density at radius 3 is 2.83 bits per heavy atom. The molecule has 3 aliphatic rings. The molecule has 6 heteroatoms. The van der Waals surface area contributed by atoms with E-state index in [1.54, 1.807) is 0 Å². The number of carbonyl (C=O) groups is 2. The molecule has 2 N–H and O–H groups in total. The van der Waals surface area contributed by atoms with Gasteiger partial charge in [-0.2, -0.15) is 0 Å². The van der Waals surface area contributed by atoms with Crippen LogP contribution in [0.25, 0.3) is 10.9 Å². The maximum Gasteiger partial charge on any atom is 0.257 e. The predicted octanol–water partition coefficient (Wildman–Crippen LogP) is 3.66. The molecule has 0 spiro atoms. The molecule has 1 unspecified atom stereocenters. The minimum Gasteiger partial charge on any atom is -0.355 e. The lowest BCUT2D eigenvalue weighted by molar-refractivity contribution is -0.117. The molecule has 1 saturated carbocycles. The number of benzene rings is 2. The first-order chi connectivity index (χ1) is 14.1. The average molecular weight is 386 g/mol. The van der Waals surface area contributed by atoms with Crippen LogP contribution in [-0.2, 0) is 11.2 Å². The van der Waals surface area contributed by atoms with E-state index in [9.17, 15) is 9.59 Å². The van der Waals surface area contributed by atoms with Gasteiger partial charge in [-0.05, 0) is 49.1 Å². The first kappa shape index (κ1) is 16.7. The molecule has 1 atom stereocenters. The molecule has 0 bridgehead atoms. The number of para-hydroxylation sites is 1. The standard InChI is InChI=1S/C23H22N4O2/c1-26-19-9-8-14(24-21(28)13-6-7-13)12-17(19)23(29)27-11-10-16-15-4-2-3-5-18(15)25-20(16)22(26)27/h2-5,8-9,12-13,22,25H,6-7,10-11H2,1H3,(H,24,28). The van der Waals surface area contributed by atoms with Crippen molar-refractivity contribution in [2.24, 2.45) is 5.92 Å². The predicted molar refractivity (Wildman–Crippen MR) is 112 cm³/mol. The van der Waals surface area contributed by atoms with Crippen molar-refractivity contribution >= 4 is 34.1 Å². The minimum atomic E-state index is -0.141. The zero-order valence-electron chi connectivity index (χ0n) is 16.2. The quantitative estimate of drug-likeness (QED) is 0.706. The van der Waals surface area contributed by atoms with Crippen LogP contribution < -0.4 is 10.2 Å². The summed E-state index contributed by atoms with van der Waals surface area (Å²) in [4.78, 5) is 33.2. The van der Waals surface area contributed by atoms with E-state index in [-0.39, 0.29) is 23.9 Å². The van der Waals surface area contributed by atoms with E-state index >= 15 is 0 Å². The van der Waals surface area contributed by atoms with Gasteiger partial charge in [0.05, 0.1) is 16.9 Å². The average Bonchev–Trinajstić information content (AvgIpc) is 3.52. The van der Waals surface area contributed by atoms with Crippen LogP contribution in [0.2, 0.25) is 0 Å². The molecule has 0 saturated heterocycles. The Morgan fingerprint density at radius 2 is 2.00 bits per heavy atom. The number of carbonyl (C=O) groups excluding carboxylic acids is 2. The van der Waals surface area contributed by atoms with Crippen molar-refractivity contribution in [1.29, 1.82) is 0 Å². The zero-order valence-corrected chi connectivity index (χ0v) is 16.2. The maximum atomic E-state index is 13.4. The van der Waals surface area contributed by atoms with Crippen LogP contribution in [0.3, 0.4) is 0 Å². The van der Waals surface area contributed by atoms with Crippen LogP contribution in [0.15, 0.2) is 42.5 Å². The molecule has 2 aliphatic heterocycles. The largest absolute Gasteiger partial charge is 0.355 e. The summed E-state index contributed by atoms with van der Waals surface area (Å²) in [6, 6.07) is 14.0. The van der Waals surface area contributed by atoms with Crippen molar-refractivity contribution in [3.63, 3.8) is 0 Å². The molecule has 1 fully saturated rings. The third kappa shape index (κ3) is 2.41. The molecule has 3 heterocycles. The molecule has 2 aromatic carbocycles. The van der Waals surface area contributed by atoms with Crippen LogP contribution in [0, 0.1) is 5.92 Å². The number of fused-ring (bicyclic) bond motifs is 6. The second kappa shape index (κ2) is 5.86. The summed E-state index contributed by atoms with van der Waals surface area (Å²) in [6.07, 6.45) is 2.61. The van der Waals surface area contributed by atoms with Crippen molar-refractivity contribution in [2.75, 3.05) is 23.8 Å². The summed E-state index contributed by atoms with van der Waals surface area (Å²) >= 11 is 0. The normalized spacial score (nSPS) is 20.3. The van der Waals surface area contributed by atoms with Gasteiger partial charge < -0.3 is 20.1 Å². The topological polar surface area (TPSA) is 68.4 Å². The smallest absolute Gasteiger partial charge is 0.257 e. The molecule has 6 rings (SSSR count). The molecule has 6 nitrogen and oxygen atoms in total. The van der Waals surface area contributed by atoms with Gasteiger partial charge in [0.2, 0.25) is 5.91 Å². The van der Waals surface area contributed by atoms with Crippen LogP contribution in [-0.4, -0.2) is 35.3 Å². The van der Waals surface area contributed by atoms with Crippen LogP contribution in [0.5, 0.6) is 0 Å². The Hall–Kier alpha value is -3.28. The van der Waals surface area contributed by atoms with Crippen LogP contribution in [0.4, 0.5) is 11.4 Å². The minimum absolute atomic E-state index is 0.0231. The second-order valence-corrected chi connectivity index (χ2v) is 8.29. The number of aromatic amines is 1. The van der Waals surface area contributed by atoms with Gasteiger partial charge in [-0.15, -0.1) is 0 Å². The SMILES string of the molecule is CN1c2ccc(NC(=O)C3CC3)cc2C(=O)N2CCc3c([nH]c4ccccc34)C21. The number of hydrogen-bond donors (Lipinski definition) is 2. The van der Waals surface area contributed by atoms with Gasteiger partial charge in [-0.1, -0.05) is 18.2 Å². The third-order valence-electron chi connectivity index (χ3n) is 6.45. The van der Waals surface area contributed by atoms with Gasteiger partial charge in [-0.3, -0.25) is 9.59 Å². The van der Waals surface area contributed by atoms with Crippen molar-refractivity contribution in [1.82, 2.24) is 9.88 Å². The summed E-state index contributed by atoms with van der Waals surface area (Å²) in [6.45, 7) is 0.681. The van der Waals surface area contributed by atoms with Gasteiger partial charge in [0, 0.05) is 36.1 Å². The van der Waals surface area contributed by atoms with Gasteiger partial charge in [-0.25, -0.2) is 0 Å². The van der Waals surface area contributed by atoms with E-state index in [0.29, 0.717) is 17.8 Å². The molecule has 146 valence electrons. The number of hydrogen-bond acceptors (Lipinski definition) is 3. The van der Waals surface area contributed by atoms with Crippen molar-refractivity contribution in [3.05, 3.63) is 59.3 Å². The summed E-state index contributed by atoms with van der Waals surface area (Å²) < 4.78 is 0. The highest BCUT2D eigenvalue weighted by atomic mass is 16.2. The highest BCUT2D eigenvalue weighted by molar-refractivity contribution is 6.04. The zero-order chi connectivity index (χ0) is 19.7. The molecule has 1 aliphatic carbocycles. The van der Waals surface area contributed by atoms with Crippen molar-refractivity contribution in [3.8, 4) is 0 Å². The summed E-state index contributed by atoms with van der Waals surface area (Å²) in [5.41, 5.74) is 5.76. The number of H-pyrrole nitrogens is 1. The Balaban J connectivity index is 1.41. The number of rotatable bonds is 2. The Labute approximate surface area is 168 Å². The third-order valence-corrected chi connectivity index (χ3v) is 6.45. The van der Waals surface area contributed by atoms with Gasteiger partial charge >= 0.3 is 0 Å². The van der Waals surface area contributed by atoms with E-state index in [1.165, 1.54) is 10.9 Å². The molecule has 0 radical (unpaired) electrons. The lowest BCUT2D eigenvalue weighted by atomic mass is 9.96. The second-order valence-electron chi connectivity index (χ2n) is 8.29. The van der Waals surface area contributed by atoms with E-state index in [0.717, 1.165) is 36.2 Å². The van der Waals surface area contributed by atoms with E-state index in [2.05, 4.69) is 33.4 Å². The Kier molecular flexibility index (Phi) is 3.37. The van der Waals surface area contributed by atoms with Crippen molar-refractivity contribution < 1.29 is 9.59 Å². The van der Waals surface area contributed by atoms with E-state index < -0.39 is 0 Å². The first-order valence-corrected chi connectivity index (χ1v) is 10.2. The first-order valence-electron chi connectivity index (χ1n) is 10.2. The fraction of sp³-hybridized carbons (Fsp3) is 0.304. The molecular formula is C23H22N4O2. The maximum absolute atomic E-state index is 13.4. The number of amides is 2. The number of nitrogens with one attached hydrogen (secondary N) is 2. The summed E-state index contributed by atoms with van der Waals surface area (Å²) in [5.74, 6) is 0.214. The lowest BCUT2D eigenvalue weighted by Crippen LogP contribution is -2.51. The number of aromatic nitrogens is 1. The van der Waals surface area contributed by atoms with Crippen LogP contribution in [0.1, 0.15) is 40.6 Å². The summed E-state index contributed by atoms with van der Waals surface area (Å²) in [5, 5.41) is 4.20. The van der Waals surface area contributed by atoms with E-state index in [1.807, 2.05) is 36.2 Å². The van der Waals surface area contributed by atoms with Gasteiger partial charge in [0.1, 0.15) is 6.17 Å².